The highest BCUT2D eigenvalue weighted by molar-refractivity contribution is 9.10. The molecule has 0 bridgehead atoms. The van der Waals surface area contributed by atoms with E-state index in [-0.39, 0.29) is 12.3 Å². The van der Waals surface area contributed by atoms with Gasteiger partial charge in [-0.3, -0.25) is 10.1 Å². The summed E-state index contributed by atoms with van der Waals surface area (Å²) in [6.45, 7) is 2.32. The third kappa shape index (κ3) is 4.19. The van der Waals surface area contributed by atoms with Crippen LogP contribution in [0.15, 0.2) is 46.9 Å². The van der Waals surface area contributed by atoms with Crippen molar-refractivity contribution in [1.29, 1.82) is 0 Å². The Labute approximate surface area is 130 Å². The summed E-state index contributed by atoms with van der Waals surface area (Å²) in [6.07, 6.45) is 0. The Hall–Kier alpha value is -2.08. The van der Waals surface area contributed by atoms with Crippen molar-refractivity contribution in [3.05, 3.63) is 62.6 Å². The quantitative estimate of drug-likeness (QED) is 0.446. The first-order valence-electron chi connectivity index (χ1n) is 6.33. The SMILES string of the molecule is Cc1cccc([N+](=O)[O-])c1OCCOc1cccc(Br)c1. The average Bonchev–Trinajstić information content (AvgIpc) is 2.44. The van der Waals surface area contributed by atoms with E-state index in [4.69, 9.17) is 9.47 Å². The number of ether oxygens (including phenoxy) is 2. The molecule has 0 amide bonds. The molecule has 2 aromatic rings. The third-order valence-corrected chi connectivity index (χ3v) is 3.28. The minimum atomic E-state index is -0.447. The number of nitro groups is 1. The summed E-state index contributed by atoms with van der Waals surface area (Å²) in [6, 6.07) is 12.3. The number of hydrogen-bond donors (Lipinski definition) is 0. The highest BCUT2D eigenvalue weighted by Crippen LogP contribution is 2.30. The molecule has 21 heavy (non-hydrogen) atoms. The van der Waals surface area contributed by atoms with Crippen LogP contribution < -0.4 is 9.47 Å². The number of nitrogens with zero attached hydrogens (tertiary/aromatic N) is 1. The highest BCUT2D eigenvalue weighted by Gasteiger charge is 2.16. The molecule has 0 aromatic heterocycles. The van der Waals surface area contributed by atoms with E-state index in [1.807, 2.05) is 24.3 Å². The van der Waals surface area contributed by atoms with Crippen LogP contribution in [0.5, 0.6) is 11.5 Å². The fourth-order valence-electron chi connectivity index (χ4n) is 1.83. The van der Waals surface area contributed by atoms with Gasteiger partial charge in [0.2, 0.25) is 0 Å². The standard InChI is InChI=1S/C15H14BrNO4/c1-11-4-2-7-14(17(18)19)15(11)21-9-8-20-13-6-3-5-12(16)10-13/h2-7,10H,8-9H2,1H3. The van der Waals surface area contributed by atoms with Gasteiger partial charge in [-0.1, -0.05) is 34.1 Å². The number of benzene rings is 2. The van der Waals surface area contributed by atoms with E-state index in [0.717, 1.165) is 10.0 Å². The molecule has 0 saturated carbocycles. The highest BCUT2D eigenvalue weighted by atomic mass is 79.9. The number of nitro benzene ring substituents is 1. The minimum absolute atomic E-state index is 0.0301. The van der Waals surface area contributed by atoms with Crippen LogP contribution in [0.2, 0.25) is 0 Å². The maximum absolute atomic E-state index is 11.0. The summed E-state index contributed by atoms with van der Waals surface area (Å²) < 4.78 is 12.0. The van der Waals surface area contributed by atoms with Gasteiger partial charge in [0, 0.05) is 10.5 Å². The van der Waals surface area contributed by atoms with Gasteiger partial charge in [-0.05, 0) is 30.7 Å². The zero-order valence-corrected chi connectivity index (χ0v) is 13.0. The Bertz CT molecular complexity index is 645. The number of halogens is 1. The molecule has 0 spiro atoms. The molecule has 0 unspecified atom stereocenters. The van der Waals surface area contributed by atoms with Crippen molar-refractivity contribution in [2.75, 3.05) is 13.2 Å². The summed E-state index contributed by atoms with van der Waals surface area (Å²) in [7, 11) is 0. The summed E-state index contributed by atoms with van der Waals surface area (Å²) in [5.41, 5.74) is 0.698. The Morgan fingerprint density at radius 3 is 2.57 bits per heavy atom. The molecule has 0 aliphatic carbocycles. The van der Waals surface area contributed by atoms with E-state index in [1.54, 1.807) is 19.1 Å². The molecule has 0 radical (unpaired) electrons. The topological polar surface area (TPSA) is 61.6 Å². The van der Waals surface area contributed by atoms with Gasteiger partial charge >= 0.3 is 5.69 Å². The van der Waals surface area contributed by atoms with Crippen molar-refractivity contribution in [3.63, 3.8) is 0 Å². The second-order valence-electron chi connectivity index (χ2n) is 4.33. The maximum Gasteiger partial charge on any atom is 0.311 e. The fraction of sp³-hybridized carbons (Fsp3) is 0.200. The first kappa shape index (κ1) is 15.3. The molecule has 0 heterocycles. The molecule has 110 valence electrons. The Morgan fingerprint density at radius 2 is 1.86 bits per heavy atom. The van der Waals surface area contributed by atoms with Crippen molar-refractivity contribution in [3.8, 4) is 11.5 Å². The third-order valence-electron chi connectivity index (χ3n) is 2.78. The van der Waals surface area contributed by atoms with E-state index < -0.39 is 4.92 Å². The second kappa shape index (κ2) is 7.08. The summed E-state index contributed by atoms with van der Waals surface area (Å²) in [4.78, 5) is 10.5. The lowest BCUT2D eigenvalue weighted by molar-refractivity contribution is -0.385. The average molecular weight is 352 g/mol. The van der Waals surface area contributed by atoms with Gasteiger partial charge in [0.1, 0.15) is 19.0 Å². The van der Waals surface area contributed by atoms with E-state index in [0.29, 0.717) is 18.1 Å². The number of hydrogen-bond acceptors (Lipinski definition) is 4. The summed E-state index contributed by atoms with van der Waals surface area (Å²) in [5, 5.41) is 11.0. The van der Waals surface area contributed by atoms with E-state index in [1.165, 1.54) is 6.07 Å². The lowest BCUT2D eigenvalue weighted by Gasteiger charge is -2.10. The van der Waals surface area contributed by atoms with Gasteiger partial charge < -0.3 is 9.47 Å². The van der Waals surface area contributed by atoms with Gasteiger partial charge in [-0.15, -0.1) is 0 Å². The van der Waals surface area contributed by atoms with Crippen molar-refractivity contribution >= 4 is 21.6 Å². The smallest absolute Gasteiger partial charge is 0.311 e. The van der Waals surface area contributed by atoms with Crippen molar-refractivity contribution in [2.24, 2.45) is 0 Å². The molecular formula is C15H14BrNO4. The predicted molar refractivity (Wildman–Crippen MR) is 83.0 cm³/mol. The molecule has 0 saturated heterocycles. The van der Waals surface area contributed by atoms with Crippen LogP contribution in [0.4, 0.5) is 5.69 Å². The molecule has 2 aromatic carbocycles. The second-order valence-corrected chi connectivity index (χ2v) is 5.25. The first-order valence-corrected chi connectivity index (χ1v) is 7.12. The Morgan fingerprint density at radius 1 is 1.14 bits per heavy atom. The van der Waals surface area contributed by atoms with Gasteiger partial charge in [-0.25, -0.2) is 0 Å². The number of rotatable bonds is 6. The zero-order valence-electron chi connectivity index (χ0n) is 11.4. The van der Waals surface area contributed by atoms with Crippen molar-refractivity contribution < 1.29 is 14.4 Å². The lowest BCUT2D eigenvalue weighted by Crippen LogP contribution is -2.10. The first-order chi connectivity index (χ1) is 10.1. The fourth-order valence-corrected chi connectivity index (χ4v) is 2.21. The van der Waals surface area contributed by atoms with Gasteiger partial charge in [-0.2, -0.15) is 0 Å². The number of aryl methyl sites for hydroxylation is 1. The normalized spacial score (nSPS) is 10.2. The van der Waals surface area contributed by atoms with Crippen LogP contribution in [0, 0.1) is 17.0 Å². The van der Waals surface area contributed by atoms with Crippen LogP contribution >= 0.6 is 15.9 Å². The molecule has 6 heteroatoms. The minimum Gasteiger partial charge on any atom is -0.490 e. The van der Waals surface area contributed by atoms with Gasteiger partial charge in [0.15, 0.2) is 5.75 Å². The van der Waals surface area contributed by atoms with E-state index in [2.05, 4.69) is 15.9 Å². The van der Waals surface area contributed by atoms with Crippen molar-refractivity contribution in [1.82, 2.24) is 0 Å². The molecule has 0 aliphatic heterocycles. The van der Waals surface area contributed by atoms with Crippen LogP contribution in [0.1, 0.15) is 5.56 Å². The zero-order chi connectivity index (χ0) is 15.2. The molecule has 0 N–H and O–H groups in total. The van der Waals surface area contributed by atoms with E-state index in [9.17, 15) is 10.1 Å². The molecule has 0 fully saturated rings. The van der Waals surface area contributed by atoms with Gasteiger partial charge in [0.25, 0.3) is 0 Å². The molecule has 5 nitrogen and oxygen atoms in total. The largest absolute Gasteiger partial charge is 0.490 e. The van der Waals surface area contributed by atoms with Crippen molar-refractivity contribution in [2.45, 2.75) is 6.92 Å². The van der Waals surface area contributed by atoms with E-state index >= 15 is 0 Å². The maximum atomic E-state index is 11.0. The lowest BCUT2D eigenvalue weighted by atomic mass is 10.2. The van der Waals surface area contributed by atoms with Crippen LogP contribution in [0.25, 0.3) is 0 Å². The molecule has 0 atom stereocenters. The molecule has 2 rings (SSSR count). The molecule has 0 aliphatic rings. The predicted octanol–water partition coefficient (Wildman–Crippen LogP) is 4.12. The number of para-hydroxylation sites is 1. The summed E-state index contributed by atoms with van der Waals surface area (Å²) in [5.74, 6) is 1.01. The van der Waals surface area contributed by atoms with Gasteiger partial charge in [0.05, 0.1) is 4.92 Å². The summed E-state index contributed by atoms with van der Waals surface area (Å²) >= 11 is 3.36. The van der Waals surface area contributed by atoms with Crippen LogP contribution in [-0.2, 0) is 0 Å². The van der Waals surface area contributed by atoms with Crippen LogP contribution in [-0.4, -0.2) is 18.1 Å². The Kier molecular flexibility index (Phi) is 5.16. The Balaban J connectivity index is 1.93. The van der Waals surface area contributed by atoms with Crippen LogP contribution in [0.3, 0.4) is 0 Å². The monoisotopic (exact) mass is 351 g/mol. The molecular weight excluding hydrogens is 338 g/mol.